The van der Waals surface area contributed by atoms with Crippen molar-refractivity contribution < 1.29 is 23.9 Å². The van der Waals surface area contributed by atoms with Crippen molar-refractivity contribution in [3.8, 4) is 5.75 Å². The Balaban J connectivity index is 1.69. The molecule has 2 aliphatic heterocycles. The number of morpholine rings is 1. The molecule has 26 heavy (non-hydrogen) atoms. The summed E-state index contributed by atoms with van der Waals surface area (Å²) in [7, 11) is 1.55. The molecule has 0 aliphatic carbocycles. The Morgan fingerprint density at radius 3 is 2.96 bits per heavy atom. The Morgan fingerprint density at radius 2 is 2.19 bits per heavy atom. The Labute approximate surface area is 152 Å². The van der Waals surface area contributed by atoms with Gasteiger partial charge in [0.2, 0.25) is 11.8 Å². The molecule has 0 spiro atoms. The number of ether oxygens (including phenoxy) is 2. The molecule has 2 saturated heterocycles. The van der Waals surface area contributed by atoms with Gasteiger partial charge in [-0.2, -0.15) is 0 Å². The lowest BCUT2D eigenvalue weighted by Gasteiger charge is -2.37. The van der Waals surface area contributed by atoms with Crippen LogP contribution in [0.1, 0.15) is 16.8 Å². The van der Waals surface area contributed by atoms with Crippen molar-refractivity contribution in [1.29, 1.82) is 0 Å². The Hall–Kier alpha value is -2.61. The zero-order chi connectivity index (χ0) is 18.5. The second kappa shape index (κ2) is 8.18. The monoisotopic (exact) mass is 361 g/mol. The number of piperazine rings is 1. The molecule has 2 heterocycles. The Morgan fingerprint density at radius 1 is 1.35 bits per heavy atom. The van der Waals surface area contributed by atoms with Crippen LogP contribution in [0.4, 0.5) is 0 Å². The number of carbonyl (C=O) groups is 3. The summed E-state index contributed by atoms with van der Waals surface area (Å²) < 4.78 is 10.7. The summed E-state index contributed by atoms with van der Waals surface area (Å²) in [6.45, 7) is 2.18. The molecule has 3 amide bonds. The van der Waals surface area contributed by atoms with E-state index < -0.39 is 0 Å². The van der Waals surface area contributed by atoms with Crippen LogP contribution < -0.4 is 10.1 Å². The summed E-state index contributed by atoms with van der Waals surface area (Å²) in [5.41, 5.74) is 0.515. The first-order valence-corrected chi connectivity index (χ1v) is 8.65. The highest BCUT2D eigenvalue weighted by molar-refractivity contribution is 5.95. The minimum Gasteiger partial charge on any atom is -0.497 e. The van der Waals surface area contributed by atoms with E-state index in [4.69, 9.17) is 9.47 Å². The molecule has 0 aromatic heterocycles. The Bertz CT molecular complexity index is 693. The van der Waals surface area contributed by atoms with E-state index >= 15 is 0 Å². The molecule has 1 aromatic carbocycles. The molecule has 2 fully saturated rings. The number of benzene rings is 1. The van der Waals surface area contributed by atoms with Crippen LogP contribution in [-0.2, 0) is 14.3 Å². The molecule has 0 unspecified atom stereocenters. The van der Waals surface area contributed by atoms with E-state index in [9.17, 15) is 14.4 Å². The largest absolute Gasteiger partial charge is 0.497 e. The lowest BCUT2D eigenvalue weighted by Crippen LogP contribution is -2.54. The van der Waals surface area contributed by atoms with Gasteiger partial charge >= 0.3 is 0 Å². The number of hydrogen-bond acceptors (Lipinski definition) is 5. The number of methoxy groups -OCH3 is 1. The maximum atomic E-state index is 12.9. The number of hydrogen-bond donors (Lipinski definition) is 1. The van der Waals surface area contributed by atoms with Gasteiger partial charge in [0.05, 0.1) is 32.9 Å². The standard InChI is InChI=1S/C18H23N3O5/c1-25-15-4-2-3-13(9-15)18(24)21-7-8-26-12-14(21)10-17(23)20-6-5-19-16(22)11-20/h2-4,9,14H,5-8,10-12H2,1H3,(H,19,22)/t14-/m0/s1. The molecule has 1 aromatic rings. The summed E-state index contributed by atoms with van der Waals surface area (Å²) in [6.07, 6.45) is 0.142. The molecule has 3 rings (SSSR count). The van der Waals surface area contributed by atoms with Crippen molar-refractivity contribution in [2.45, 2.75) is 12.5 Å². The van der Waals surface area contributed by atoms with Crippen molar-refractivity contribution in [3.63, 3.8) is 0 Å². The lowest BCUT2D eigenvalue weighted by molar-refractivity contribution is -0.140. The number of nitrogens with one attached hydrogen (secondary N) is 1. The van der Waals surface area contributed by atoms with Crippen LogP contribution in [0.25, 0.3) is 0 Å². The molecule has 1 atom stereocenters. The fraction of sp³-hybridized carbons (Fsp3) is 0.500. The van der Waals surface area contributed by atoms with E-state index in [1.165, 1.54) is 4.90 Å². The smallest absolute Gasteiger partial charge is 0.254 e. The quantitative estimate of drug-likeness (QED) is 0.808. The molecule has 0 radical (unpaired) electrons. The second-order valence-corrected chi connectivity index (χ2v) is 6.33. The second-order valence-electron chi connectivity index (χ2n) is 6.33. The SMILES string of the molecule is COc1cccc(C(=O)N2CCOC[C@@H]2CC(=O)N2CCNC(=O)C2)c1. The van der Waals surface area contributed by atoms with E-state index in [2.05, 4.69) is 5.32 Å². The van der Waals surface area contributed by atoms with Gasteiger partial charge in [0, 0.05) is 31.6 Å². The molecule has 1 N–H and O–H groups in total. The van der Waals surface area contributed by atoms with Gasteiger partial charge in [-0.05, 0) is 18.2 Å². The third-order valence-electron chi connectivity index (χ3n) is 4.61. The Kier molecular flexibility index (Phi) is 5.72. The highest BCUT2D eigenvalue weighted by Crippen LogP contribution is 2.19. The van der Waals surface area contributed by atoms with E-state index in [1.54, 1.807) is 36.3 Å². The fourth-order valence-corrected chi connectivity index (χ4v) is 3.20. The fourth-order valence-electron chi connectivity index (χ4n) is 3.20. The van der Waals surface area contributed by atoms with Crippen LogP contribution in [0.2, 0.25) is 0 Å². The van der Waals surface area contributed by atoms with E-state index in [1.807, 2.05) is 0 Å². The predicted octanol–water partition coefficient (Wildman–Crippen LogP) is -0.115. The van der Waals surface area contributed by atoms with Gasteiger partial charge in [-0.3, -0.25) is 14.4 Å². The average Bonchev–Trinajstić information content (AvgIpc) is 2.68. The van der Waals surface area contributed by atoms with Gasteiger partial charge in [0.1, 0.15) is 5.75 Å². The van der Waals surface area contributed by atoms with Gasteiger partial charge < -0.3 is 24.6 Å². The predicted molar refractivity (Wildman–Crippen MR) is 92.8 cm³/mol. The molecule has 8 heteroatoms. The highest BCUT2D eigenvalue weighted by Gasteiger charge is 2.32. The number of rotatable bonds is 4. The number of amides is 3. The van der Waals surface area contributed by atoms with Crippen LogP contribution in [0.3, 0.4) is 0 Å². The summed E-state index contributed by atoms with van der Waals surface area (Å²) in [6, 6.07) is 6.61. The van der Waals surface area contributed by atoms with Crippen LogP contribution in [0, 0.1) is 0 Å². The molecular formula is C18H23N3O5. The van der Waals surface area contributed by atoms with Gasteiger partial charge in [0.15, 0.2) is 0 Å². The normalized spacial score (nSPS) is 20.5. The number of nitrogens with zero attached hydrogens (tertiary/aromatic N) is 2. The maximum absolute atomic E-state index is 12.9. The topological polar surface area (TPSA) is 88.2 Å². The van der Waals surface area contributed by atoms with Crippen molar-refractivity contribution in [2.24, 2.45) is 0 Å². The minimum atomic E-state index is -0.347. The summed E-state index contributed by atoms with van der Waals surface area (Å²) in [5, 5.41) is 2.70. The third-order valence-corrected chi connectivity index (χ3v) is 4.61. The van der Waals surface area contributed by atoms with Crippen LogP contribution in [0.5, 0.6) is 5.75 Å². The van der Waals surface area contributed by atoms with Gasteiger partial charge in [-0.15, -0.1) is 0 Å². The zero-order valence-electron chi connectivity index (χ0n) is 14.8. The number of carbonyl (C=O) groups excluding carboxylic acids is 3. The van der Waals surface area contributed by atoms with E-state index in [-0.39, 0.29) is 36.7 Å². The molecular weight excluding hydrogens is 338 g/mol. The van der Waals surface area contributed by atoms with E-state index in [0.29, 0.717) is 44.2 Å². The molecule has 2 aliphatic rings. The van der Waals surface area contributed by atoms with Crippen molar-refractivity contribution in [1.82, 2.24) is 15.1 Å². The first kappa shape index (κ1) is 18.2. The van der Waals surface area contributed by atoms with Gasteiger partial charge in [-0.25, -0.2) is 0 Å². The molecule has 8 nitrogen and oxygen atoms in total. The third kappa shape index (κ3) is 4.13. The lowest BCUT2D eigenvalue weighted by atomic mass is 10.1. The van der Waals surface area contributed by atoms with Crippen molar-refractivity contribution in [3.05, 3.63) is 29.8 Å². The zero-order valence-corrected chi connectivity index (χ0v) is 14.8. The first-order valence-electron chi connectivity index (χ1n) is 8.65. The van der Waals surface area contributed by atoms with Gasteiger partial charge in [-0.1, -0.05) is 6.07 Å². The highest BCUT2D eigenvalue weighted by atomic mass is 16.5. The molecule has 0 bridgehead atoms. The van der Waals surface area contributed by atoms with Crippen molar-refractivity contribution in [2.75, 3.05) is 46.5 Å². The van der Waals surface area contributed by atoms with Crippen LogP contribution >= 0.6 is 0 Å². The summed E-state index contributed by atoms with van der Waals surface area (Å²) >= 11 is 0. The first-order chi connectivity index (χ1) is 12.6. The van der Waals surface area contributed by atoms with Crippen molar-refractivity contribution >= 4 is 17.7 Å². The van der Waals surface area contributed by atoms with Gasteiger partial charge in [0.25, 0.3) is 5.91 Å². The molecule has 140 valence electrons. The average molecular weight is 361 g/mol. The maximum Gasteiger partial charge on any atom is 0.254 e. The summed E-state index contributed by atoms with van der Waals surface area (Å²) in [4.78, 5) is 40.2. The summed E-state index contributed by atoms with van der Waals surface area (Å²) in [5.74, 6) is 0.157. The van der Waals surface area contributed by atoms with Crippen LogP contribution in [-0.4, -0.2) is 80.1 Å². The van der Waals surface area contributed by atoms with E-state index in [0.717, 1.165) is 0 Å². The minimum absolute atomic E-state index is 0.0657. The molecule has 0 saturated carbocycles. The van der Waals surface area contributed by atoms with Crippen LogP contribution in [0.15, 0.2) is 24.3 Å².